The van der Waals surface area contributed by atoms with Gasteiger partial charge in [0.25, 0.3) is 5.89 Å². The van der Waals surface area contributed by atoms with Crippen LogP contribution in [-0.2, 0) is 4.79 Å². The lowest BCUT2D eigenvalue weighted by molar-refractivity contribution is -0.117. The number of amides is 1. The van der Waals surface area contributed by atoms with Gasteiger partial charge in [-0.15, -0.1) is 0 Å². The van der Waals surface area contributed by atoms with Crippen LogP contribution in [0.3, 0.4) is 0 Å². The molecular formula is C18H12ClF2N3O2. The number of hydrogen-bond acceptors (Lipinski definition) is 4. The maximum Gasteiger partial charge on any atom is 0.258 e. The van der Waals surface area contributed by atoms with Crippen LogP contribution in [0.5, 0.6) is 0 Å². The maximum absolute atomic E-state index is 13.5. The quantitative estimate of drug-likeness (QED) is 0.688. The van der Waals surface area contributed by atoms with Crippen LogP contribution in [0.15, 0.2) is 47.0 Å². The SMILES string of the molecule is O=C1CC(c2noc(-c3cccc(F)c3)n2)CN1c1cc(F)ccc1Cl. The largest absolute Gasteiger partial charge is 0.334 e. The van der Waals surface area contributed by atoms with Crippen molar-refractivity contribution in [3.8, 4) is 11.5 Å². The molecule has 1 aliphatic heterocycles. The lowest BCUT2D eigenvalue weighted by Gasteiger charge is -2.17. The van der Waals surface area contributed by atoms with Gasteiger partial charge in [0.2, 0.25) is 5.91 Å². The van der Waals surface area contributed by atoms with Crippen molar-refractivity contribution in [1.82, 2.24) is 10.1 Å². The Balaban J connectivity index is 1.59. The molecule has 1 saturated heterocycles. The van der Waals surface area contributed by atoms with Gasteiger partial charge in [0.05, 0.1) is 10.7 Å². The zero-order valence-electron chi connectivity index (χ0n) is 13.3. The van der Waals surface area contributed by atoms with Gasteiger partial charge < -0.3 is 9.42 Å². The van der Waals surface area contributed by atoms with E-state index in [2.05, 4.69) is 10.1 Å². The van der Waals surface area contributed by atoms with Crippen molar-refractivity contribution in [2.75, 3.05) is 11.4 Å². The fourth-order valence-corrected chi connectivity index (χ4v) is 3.17. The number of benzene rings is 2. The van der Waals surface area contributed by atoms with E-state index in [1.54, 1.807) is 12.1 Å². The van der Waals surface area contributed by atoms with E-state index < -0.39 is 11.6 Å². The fraction of sp³-hybridized carbons (Fsp3) is 0.167. The Hall–Kier alpha value is -2.80. The second-order valence-corrected chi connectivity index (χ2v) is 6.38. The molecule has 0 spiro atoms. The molecule has 5 nitrogen and oxygen atoms in total. The lowest BCUT2D eigenvalue weighted by atomic mass is 10.1. The van der Waals surface area contributed by atoms with Crippen molar-refractivity contribution in [3.63, 3.8) is 0 Å². The third-order valence-electron chi connectivity index (χ3n) is 4.20. The van der Waals surface area contributed by atoms with Crippen molar-refractivity contribution < 1.29 is 18.1 Å². The maximum atomic E-state index is 13.5. The van der Waals surface area contributed by atoms with Crippen LogP contribution in [0.4, 0.5) is 14.5 Å². The highest BCUT2D eigenvalue weighted by molar-refractivity contribution is 6.33. The number of carbonyl (C=O) groups excluding carboxylic acids is 1. The van der Waals surface area contributed by atoms with Crippen molar-refractivity contribution in [2.45, 2.75) is 12.3 Å². The molecule has 2 heterocycles. The molecule has 0 radical (unpaired) electrons. The monoisotopic (exact) mass is 375 g/mol. The molecule has 2 aromatic carbocycles. The zero-order chi connectivity index (χ0) is 18.3. The average Bonchev–Trinajstić information content (AvgIpc) is 3.24. The van der Waals surface area contributed by atoms with Gasteiger partial charge in [0, 0.05) is 24.4 Å². The average molecular weight is 376 g/mol. The van der Waals surface area contributed by atoms with Gasteiger partial charge in [0.15, 0.2) is 5.82 Å². The Morgan fingerprint density at radius 3 is 2.77 bits per heavy atom. The number of halogens is 3. The summed E-state index contributed by atoms with van der Waals surface area (Å²) in [5, 5.41) is 4.20. The summed E-state index contributed by atoms with van der Waals surface area (Å²) in [4.78, 5) is 18.0. The summed E-state index contributed by atoms with van der Waals surface area (Å²) in [6, 6.07) is 9.65. The minimum atomic E-state index is -0.478. The van der Waals surface area contributed by atoms with Crippen LogP contribution in [0.25, 0.3) is 11.5 Å². The Bertz CT molecular complexity index is 992. The summed E-state index contributed by atoms with van der Waals surface area (Å²) in [6.07, 6.45) is 0.148. The smallest absolute Gasteiger partial charge is 0.258 e. The molecule has 0 saturated carbocycles. The van der Waals surface area contributed by atoms with Crippen LogP contribution in [0.1, 0.15) is 18.2 Å². The standard InChI is InChI=1S/C18H12ClF2N3O2/c19-14-5-4-13(21)8-15(14)24-9-11(7-16(24)25)17-22-18(26-23-17)10-2-1-3-12(20)6-10/h1-6,8,11H,7,9H2. The summed E-state index contributed by atoms with van der Waals surface area (Å²) in [7, 11) is 0. The molecule has 1 amide bonds. The molecule has 8 heteroatoms. The predicted octanol–water partition coefficient (Wildman–Crippen LogP) is 4.19. The van der Waals surface area contributed by atoms with Gasteiger partial charge in [0.1, 0.15) is 11.6 Å². The van der Waals surface area contributed by atoms with Crippen LogP contribution < -0.4 is 4.90 Å². The number of aromatic nitrogens is 2. The van der Waals surface area contributed by atoms with Gasteiger partial charge in [-0.3, -0.25) is 4.79 Å². The number of carbonyl (C=O) groups is 1. The van der Waals surface area contributed by atoms with Crippen molar-refractivity contribution >= 4 is 23.2 Å². The molecule has 0 N–H and O–H groups in total. The van der Waals surface area contributed by atoms with E-state index in [0.29, 0.717) is 17.1 Å². The Kier molecular flexibility index (Phi) is 4.16. The second-order valence-electron chi connectivity index (χ2n) is 5.97. The minimum Gasteiger partial charge on any atom is -0.334 e. The lowest BCUT2D eigenvalue weighted by Crippen LogP contribution is -2.24. The molecule has 0 bridgehead atoms. The molecular weight excluding hydrogens is 364 g/mol. The molecule has 0 aliphatic carbocycles. The molecule has 26 heavy (non-hydrogen) atoms. The molecule has 132 valence electrons. The first kappa shape index (κ1) is 16.7. The molecule has 1 fully saturated rings. The zero-order valence-corrected chi connectivity index (χ0v) is 14.1. The summed E-state index contributed by atoms with van der Waals surface area (Å²) in [6.45, 7) is 0.254. The normalized spacial score (nSPS) is 17.1. The van der Waals surface area contributed by atoms with Gasteiger partial charge in [-0.05, 0) is 36.4 Å². The van der Waals surface area contributed by atoms with E-state index in [1.807, 2.05) is 0 Å². The van der Waals surface area contributed by atoms with E-state index in [4.69, 9.17) is 16.1 Å². The van der Waals surface area contributed by atoms with E-state index in [1.165, 1.54) is 35.2 Å². The highest BCUT2D eigenvalue weighted by Gasteiger charge is 2.35. The van der Waals surface area contributed by atoms with Crippen LogP contribution in [-0.4, -0.2) is 22.6 Å². The van der Waals surface area contributed by atoms with Crippen molar-refractivity contribution in [3.05, 3.63) is 64.9 Å². The van der Waals surface area contributed by atoms with E-state index >= 15 is 0 Å². The fourth-order valence-electron chi connectivity index (χ4n) is 2.95. The summed E-state index contributed by atoms with van der Waals surface area (Å²) >= 11 is 6.09. The Morgan fingerprint density at radius 2 is 1.96 bits per heavy atom. The highest BCUT2D eigenvalue weighted by Crippen LogP contribution is 2.35. The van der Waals surface area contributed by atoms with E-state index in [0.717, 1.165) is 0 Å². The molecule has 1 unspecified atom stereocenters. The molecule has 3 aromatic rings. The predicted molar refractivity (Wildman–Crippen MR) is 90.8 cm³/mol. The Morgan fingerprint density at radius 1 is 1.15 bits per heavy atom. The van der Waals surface area contributed by atoms with Gasteiger partial charge in [-0.2, -0.15) is 4.98 Å². The molecule has 1 aromatic heterocycles. The van der Waals surface area contributed by atoms with Crippen molar-refractivity contribution in [1.29, 1.82) is 0 Å². The number of rotatable bonds is 3. The Labute approximate surface area is 152 Å². The van der Waals surface area contributed by atoms with Gasteiger partial charge in [-0.1, -0.05) is 22.8 Å². The third-order valence-corrected chi connectivity index (χ3v) is 4.52. The summed E-state index contributed by atoms with van der Waals surface area (Å²) in [5.41, 5.74) is 0.770. The molecule has 1 atom stereocenters. The summed E-state index contributed by atoms with van der Waals surface area (Å²) in [5.74, 6) is -0.909. The first-order chi connectivity index (χ1) is 12.5. The first-order valence-corrected chi connectivity index (χ1v) is 8.24. The van der Waals surface area contributed by atoms with Crippen molar-refractivity contribution in [2.24, 2.45) is 0 Å². The van der Waals surface area contributed by atoms with E-state index in [-0.39, 0.29) is 35.7 Å². The minimum absolute atomic E-state index is 0.148. The van der Waals surface area contributed by atoms with E-state index in [9.17, 15) is 13.6 Å². The number of anilines is 1. The molecule has 4 rings (SSSR count). The van der Waals surface area contributed by atoms with Crippen LogP contribution >= 0.6 is 11.6 Å². The third kappa shape index (κ3) is 3.06. The summed E-state index contributed by atoms with van der Waals surface area (Å²) < 4.78 is 32.0. The van der Waals surface area contributed by atoms with Gasteiger partial charge >= 0.3 is 0 Å². The number of nitrogens with zero attached hydrogens (tertiary/aromatic N) is 3. The molecule has 1 aliphatic rings. The number of hydrogen-bond donors (Lipinski definition) is 0. The van der Waals surface area contributed by atoms with Crippen LogP contribution in [0.2, 0.25) is 5.02 Å². The first-order valence-electron chi connectivity index (χ1n) is 7.86. The highest BCUT2D eigenvalue weighted by atomic mass is 35.5. The second kappa shape index (κ2) is 6.49. The topological polar surface area (TPSA) is 59.2 Å². The van der Waals surface area contributed by atoms with Gasteiger partial charge in [-0.25, -0.2) is 8.78 Å². The van der Waals surface area contributed by atoms with Crippen LogP contribution in [0, 0.1) is 11.6 Å².